The monoisotopic (exact) mass is 293 g/mol. The molecular weight excluding hydrogens is 261 g/mol. The highest BCUT2D eigenvalue weighted by Crippen LogP contribution is 2.46. The highest BCUT2D eigenvalue weighted by atomic mass is 31.2. The van der Waals surface area contributed by atoms with E-state index in [9.17, 15) is 9.46 Å². The zero-order valence-electron chi connectivity index (χ0n) is 12.9. The minimum absolute atomic E-state index is 0.286. The van der Waals surface area contributed by atoms with Crippen molar-refractivity contribution < 1.29 is 14.0 Å². The first kappa shape index (κ1) is 19.1. The van der Waals surface area contributed by atoms with Crippen LogP contribution in [0, 0.1) is 0 Å². The number of unbranched alkanes of at least 4 members (excludes halogenated alkanes) is 6. The lowest BCUT2D eigenvalue weighted by molar-refractivity contribution is 0.206. The summed E-state index contributed by atoms with van der Waals surface area (Å²) < 4.78 is 18.8. The highest BCUT2D eigenvalue weighted by Gasteiger charge is 2.27. The van der Waals surface area contributed by atoms with Gasteiger partial charge in [-0.2, -0.15) is 0 Å². The van der Waals surface area contributed by atoms with Crippen molar-refractivity contribution >= 4 is 7.75 Å². The second-order valence-electron chi connectivity index (χ2n) is 4.98. The van der Waals surface area contributed by atoms with Gasteiger partial charge >= 0.3 is 7.75 Å². The lowest BCUT2D eigenvalue weighted by atomic mass is 10.2. The third-order valence-electron chi connectivity index (χ3n) is 3.19. The van der Waals surface area contributed by atoms with E-state index in [-0.39, 0.29) is 6.61 Å². The molecule has 0 aromatic rings. The maximum absolute atomic E-state index is 12.1. The van der Waals surface area contributed by atoms with E-state index in [4.69, 9.17) is 4.52 Å². The molecule has 0 saturated heterocycles. The molecule has 1 unspecified atom stereocenters. The average molecular weight is 293 g/mol. The fourth-order valence-electron chi connectivity index (χ4n) is 2.06. The number of nitrogens with zero attached hydrogens (tertiary/aromatic N) is 1. The van der Waals surface area contributed by atoms with E-state index >= 15 is 0 Å². The van der Waals surface area contributed by atoms with Crippen molar-refractivity contribution in [2.24, 2.45) is 0 Å². The van der Waals surface area contributed by atoms with Crippen LogP contribution in [0.4, 0.5) is 0 Å². The Bertz CT molecular complexity index is 237. The molecular formula is C14H32NO3P. The summed E-state index contributed by atoms with van der Waals surface area (Å²) in [5.74, 6) is 0. The number of rotatable bonds is 13. The van der Waals surface area contributed by atoms with Crippen molar-refractivity contribution in [2.75, 3.05) is 19.7 Å². The van der Waals surface area contributed by atoms with Crippen molar-refractivity contribution in [3.8, 4) is 0 Å². The summed E-state index contributed by atoms with van der Waals surface area (Å²) in [4.78, 5) is 9.95. The summed E-state index contributed by atoms with van der Waals surface area (Å²) in [7, 11) is -3.57. The summed E-state index contributed by atoms with van der Waals surface area (Å²) in [6.07, 6.45) is 8.92. The molecule has 0 heterocycles. The molecule has 0 aliphatic heterocycles. The zero-order chi connectivity index (χ0) is 14.6. The molecule has 0 bridgehead atoms. The summed E-state index contributed by atoms with van der Waals surface area (Å²) in [5.41, 5.74) is 0. The Labute approximate surface area is 119 Å². The Hall–Kier alpha value is 0.110. The molecule has 1 atom stereocenters. The van der Waals surface area contributed by atoms with Gasteiger partial charge < -0.3 is 4.89 Å². The van der Waals surface area contributed by atoms with Gasteiger partial charge in [-0.05, 0) is 19.8 Å². The topological polar surface area (TPSA) is 49.8 Å². The van der Waals surface area contributed by atoms with Gasteiger partial charge in [-0.15, -0.1) is 0 Å². The van der Waals surface area contributed by atoms with Gasteiger partial charge in [-0.25, -0.2) is 9.24 Å². The van der Waals surface area contributed by atoms with Crippen LogP contribution in [-0.4, -0.2) is 29.3 Å². The SMILES string of the molecule is CCCCCCN(CCCCCC)P(=O)(O)OCC. The minimum atomic E-state index is -3.57. The van der Waals surface area contributed by atoms with Crippen LogP contribution < -0.4 is 0 Å². The molecule has 0 rings (SSSR count). The van der Waals surface area contributed by atoms with Crippen LogP contribution in [0.2, 0.25) is 0 Å². The van der Waals surface area contributed by atoms with Gasteiger partial charge in [0.05, 0.1) is 6.61 Å². The van der Waals surface area contributed by atoms with Crippen LogP contribution in [0.1, 0.15) is 72.1 Å². The minimum Gasteiger partial charge on any atom is -0.312 e. The highest BCUT2D eigenvalue weighted by molar-refractivity contribution is 7.50. The smallest absolute Gasteiger partial charge is 0.312 e. The first-order valence-corrected chi connectivity index (χ1v) is 9.34. The lowest BCUT2D eigenvalue weighted by Crippen LogP contribution is -2.24. The van der Waals surface area contributed by atoms with Crippen molar-refractivity contribution in [3.63, 3.8) is 0 Å². The fraction of sp³-hybridized carbons (Fsp3) is 1.00. The van der Waals surface area contributed by atoms with Crippen molar-refractivity contribution in [1.29, 1.82) is 0 Å². The standard InChI is InChI=1S/C14H32NO3P/c1-4-7-9-11-13-15(14-12-10-8-5-2)19(16,17)18-6-3/h4-14H2,1-3H3,(H,16,17). The van der Waals surface area contributed by atoms with E-state index in [0.29, 0.717) is 13.1 Å². The third kappa shape index (κ3) is 9.61. The molecule has 4 nitrogen and oxygen atoms in total. The normalized spacial score (nSPS) is 14.8. The van der Waals surface area contributed by atoms with E-state index in [1.165, 1.54) is 25.7 Å². The summed E-state index contributed by atoms with van der Waals surface area (Å²) in [6.45, 7) is 7.71. The van der Waals surface area contributed by atoms with E-state index in [0.717, 1.165) is 25.7 Å². The molecule has 0 aliphatic rings. The van der Waals surface area contributed by atoms with Crippen LogP contribution >= 0.6 is 7.75 Å². The molecule has 0 fully saturated rings. The van der Waals surface area contributed by atoms with Gasteiger partial charge in [0.15, 0.2) is 0 Å². The molecule has 0 saturated carbocycles. The van der Waals surface area contributed by atoms with Gasteiger partial charge in [-0.1, -0.05) is 52.4 Å². The third-order valence-corrected chi connectivity index (χ3v) is 4.90. The largest absolute Gasteiger partial charge is 0.405 e. The summed E-state index contributed by atoms with van der Waals surface area (Å²) in [6, 6.07) is 0. The lowest BCUT2D eigenvalue weighted by Gasteiger charge is -2.26. The molecule has 0 aromatic heterocycles. The molecule has 0 aliphatic carbocycles. The molecule has 0 amide bonds. The van der Waals surface area contributed by atoms with Crippen LogP contribution in [0.5, 0.6) is 0 Å². The van der Waals surface area contributed by atoms with Crippen LogP contribution in [-0.2, 0) is 9.09 Å². The molecule has 0 spiro atoms. The van der Waals surface area contributed by atoms with Crippen LogP contribution in [0.25, 0.3) is 0 Å². The summed E-state index contributed by atoms with van der Waals surface area (Å²) in [5, 5.41) is 0. The van der Waals surface area contributed by atoms with Gasteiger partial charge in [0.25, 0.3) is 0 Å². The Morgan fingerprint density at radius 2 is 1.37 bits per heavy atom. The van der Waals surface area contributed by atoms with Crippen molar-refractivity contribution in [3.05, 3.63) is 0 Å². The first-order valence-electron chi connectivity index (χ1n) is 7.81. The maximum atomic E-state index is 12.1. The Kier molecular flexibility index (Phi) is 12.0. The van der Waals surface area contributed by atoms with Gasteiger partial charge in [0.2, 0.25) is 0 Å². The van der Waals surface area contributed by atoms with E-state index in [1.54, 1.807) is 11.6 Å². The predicted molar refractivity (Wildman–Crippen MR) is 81.3 cm³/mol. The fourth-order valence-corrected chi connectivity index (χ4v) is 3.34. The van der Waals surface area contributed by atoms with E-state index in [2.05, 4.69) is 13.8 Å². The van der Waals surface area contributed by atoms with Crippen LogP contribution in [0.3, 0.4) is 0 Å². The number of hydrogen-bond acceptors (Lipinski definition) is 2. The van der Waals surface area contributed by atoms with Crippen molar-refractivity contribution in [2.45, 2.75) is 72.1 Å². The average Bonchev–Trinajstić information content (AvgIpc) is 2.36. The van der Waals surface area contributed by atoms with E-state index < -0.39 is 7.75 Å². The molecule has 116 valence electrons. The Morgan fingerprint density at radius 1 is 0.895 bits per heavy atom. The van der Waals surface area contributed by atoms with Gasteiger partial charge in [0, 0.05) is 13.1 Å². The quantitative estimate of drug-likeness (QED) is 0.399. The maximum Gasteiger partial charge on any atom is 0.405 e. The zero-order valence-corrected chi connectivity index (χ0v) is 13.8. The molecule has 0 aromatic carbocycles. The van der Waals surface area contributed by atoms with Crippen LogP contribution in [0.15, 0.2) is 0 Å². The Morgan fingerprint density at radius 3 is 1.74 bits per heavy atom. The second kappa shape index (κ2) is 11.9. The molecule has 19 heavy (non-hydrogen) atoms. The summed E-state index contributed by atoms with van der Waals surface area (Å²) >= 11 is 0. The molecule has 5 heteroatoms. The van der Waals surface area contributed by atoms with Gasteiger partial charge in [0.1, 0.15) is 0 Å². The number of hydrogen-bond donors (Lipinski definition) is 1. The second-order valence-corrected chi connectivity index (χ2v) is 6.79. The first-order chi connectivity index (χ1) is 9.08. The van der Waals surface area contributed by atoms with Gasteiger partial charge in [-0.3, -0.25) is 4.52 Å². The predicted octanol–water partition coefficient (Wildman–Crippen LogP) is 4.59. The van der Waals surface area contributed by atoms with E-state index in [1.807, 2.05) is 0 Å². The molecule has 1 N–H and O–H groups in total. The Balaban J connectivity index is 4.17. The molecule has 0 radical (unpaired) electrons. The van der Waals surface area contributed by atoms with Crippen molar-refractivity contribution in [1.82, 2.24) is 4.67 Å².